The average molecular weight is 313 g/mol. The number of hydrogen-bond donors (Lipinski definition) is 1. The lowest BCUT2D eigenvalue weighted by Crippen LogP contribution is -2.35. The number of aliphatic hydroxyl groups is 1. The quantitative estimate of drug-likeness (QED) is 0.889. The van der Waals surface area contributed by atoms with Crippen LogP contribution in [0.25, 0.3) is 0 Å². The second kappa shape index (κ2) is 8.11. The van der Waals surface area contributed by atoms with Crippen LogP contribution in [0.4, 0.5) is 0 Å². The summed E-state index contributed by atoms with van der Waals surface area (Å²) in [6, 6.07) is 18.1. The third-order valence-corrected chi connectivity index (χ3v) is 3.92. The Morgan fingerprint density at radius 2 is 1.87 bits per heavy atom. The fourth-order valence-corrected chi connectivity index (χ4v) is 2.77. The van der Waals surface area contributed by atoms with Gasteiger partial charge in [0.2, 0.25) is 0 Å². The molecule has 2 aromatic carbocycles. The van der Waals surface area contributed by atoms with E-state index >= 15 is 0 Å². The molecule has 0 aliphatic carbocycles. The molecule has 1 atom stereocenters. The van der Waals surface area contributed by atoms with Crippen LogP contribution in [0.2, 0.25) is 0 Å². The van der Waals surface area contributed by atoms with E-state index in [0.717, 1.165) is 24.4 Å². The molecule has 0 unspecified atom stereocenters. The van der Waals surface area contributed by atoms with E-state index in [1.54, 1.807) is 0 Å². The van der Waals surface area contributed by atoms with E-state index < -0.39 is 6.10 Å². The van der Waals surface area contributed by atoms with Crippen LogP contribution in [0.3, 0.4) is 0 Å². The Hall–Kier alpha value is -1.88. The van der Waals surface area contributed by atoms with E-state index in [2.05, 4.69) is 11.0 Å². The summed E-state index contributed by atoms with van der Waals surface area (Å²) in [6.07, 6.45) is -0.496. The Bertz CT molecular complexity index is 603. The summed E-state index contributed by atoms with van der Waals surface area (Å²) in [5.74, 6) is 0.949. The number of rotatable bonds is 6. The second-order valence-corrected chi connectivity index (χ2v) is 5.85. The highest BCUT2D eigenvalue weighted by atomic mass is 16.5. The largest absolute Gasteiger partial charge is 0.492 e. The van der Waals surface area contributed by atoms with Crippen LogP contribution in [-0.4, -0.2) is 42.4 Å². The monoisotopic (exact) mass is 313 g/mol. The highest BCUT2D eigenvalue weighted by Crippen LogP contribution is 2.22. The summed E-state index contributed by atoms with van der Waals surface area (Å²) in [7, 11) is 0. The molecule has 1 heterocycles. The van der Waals surface area contributed by atoms with Crippen LogP contribution in [-0.2, 0) is 17.9 Å². The maximum atomic E-state index is 10.2. The molecule has 122 valence electrons. The zero-order chi connectivity index (χ0) is 15.9. The molecule has 0 radical (unpaired) electrons. The van der Waals surface area contributed by atoms with E-state index in [1.165, 1.54) is 5.56 Å². The van der Waals surface area contributed by atoms with Crippen LogP contribution in [0.15, 0.2) is 54.6 Å². The molecule has 0 aromatic heterocycles. The van der Waals surface area contributed by atoms with Gasteiger partial charge in [-0.25, -0.2) is 0 Å². The highest BCUT2D eigenvalue weighted by Gasteiger charge is 2.17. The number of nitrogens with zero attached hydrogens (tertiary/aromatic N) is 1. The highest BCUT2D eigenvalue weighted by molar-refractivity contribution is 5.33. The van der Waals surface area contributed by atoms with Crippen LogP contribution < -0.4 is 4.74 Å². The first-order valence-electron chi connectivity index (χ1n) is 8.04. The molecule has 0 saturated heterocycles. The Morgan fingerprint density at radius 3 is 2.74 bits per heavy atom. The number of β-amino-alcohol motifs (C(OH)–C–C–N with tert-alkyl or cyclic N) is 1. The Labute approximate surface area is 137 Å². The van der Waals surface area contributed by atoms with Gasteiger partial charge in [0, 0.05) is 25.2 Å². The van der Waals surface area contributed by atoms with Crippen molar-refractivity contribution in [2.75, 3.05) is 26.3 Å². The van der Waals surface area contributed by atoms with Crippen LogP contribution in [0.5, 0.6) is 5.75 Å². The minimum Gasteiger partial charge on any atom is -0.492 e. The predicted octanol–water partition coefficient (Wildman–Crippen LogP) is 2.46. The topological polar surface area (TPSA) is 41.9 Å². The fourth-order valence-electron chi connectivity index (χ4n) is 2.77. The number of ether oxygens (including phenoxy) is 2. The maximum Gasteiger partial charge on any atom is 0.123 e. The standard InChI is InChI=1S/C19H23NO3/c21-18(15-22-14-16-6-2-1-3-7-16)13-20-10-11-23-19-9-5-4-8-17(19)12-20/h1-9,18,21H,10-15H2/t18-/m0/s1. The number of hydrogen-bond acceptors (Lipinski definition) is 4. The first-order chi connectivity index (χ1) is 11.3. The SMILES string of the molecule is O[C@H](COCc1ccccc1)CN1CCOc2ccccc2C1. The van der Waals surface area contributed by atoms with Gasteiger partial charge in [0.15, 0.2) is 0 Å². The van der Waals surface area contributed by atoms with Crippen molar-refractivity contribution in [1.82, 2.24) is 4.90 Å². The van der Waals surface area contributed by atoms with Crippen LogP contribution >= 0.6 is 0 Å². The van der Waals surface area contributed by atoms with Crippen LogP contribution in [0, 0.1) is 0 Å². The molecule has 2 aromatic rings. The Balaban J connectivity index is 1.45. The van der Waals surface area contributed by atoms with Crippen molar-refractivity contribution in [2.24, 2.45) is 0 Å². The van der Waals surface area contributed by atoms with Crippen molar-refractivity contribution in [3.05, 3.63) is 65.7 Å². The van der Waals surface area contributed by atoms with Crippen molar-refractivity contribution in [3.8, 4) is 5.75 Å². The van der Waals surface area contributed by atoms with Gasteiger partial charge in [0.25, 0.3) is 0 Å². The molecule has 4 heteroatoms. The van der Waals surface area contributed by atoms with E-state index in [9.17, 15) is 5.11 Å². The summed E-state index contributed by atoms with van der Waals surface area (Å²) in [5.41, 5.74) is 2.29. The van der Waals surface area contributed by atoms with Gasteiger partial charge >= 0.3 is 0 Å². The van der Waals surface area contributed by atoms with Crippen molar-refractivity contribution >= 4 is 0 Å². The zero-order valence-corrected chi connectivity index (χ0v) is 13.2. The number of aliphatic hydroxyl groups excluding tert-OH is 1. The van der Waals surface area contributed by atoms with Crippen LogP contribution in [0.1, 0.15) is 11.1 Å². The molecule has 4 nitrogen and oxygen atoms in total. The third-order valence-electron chi connectivity index (χ3n) is 3.92. The Morgan fingerprint density at radius 1 is 1.09 bits per heavy atom. The molecular weight excluding hydrogens is 290 g/mol. The van der Waals surface area contributed by atoms with Crippen molar-refractivity contribution in [2.45, 2.75) is 19.3 Å². The molecule has 0 bridgehead atoms. The summed E-state index contributed by atoms with van der Waals surface area (Å²) < 4.78 is 11.4. The lowest BCUT2D eigenvalue weighted by Gasteiger charge is -2.22. The minimum absolute atomic E-state index is 0.341. The molecule has 0 saturated carbocycles. The molecule has 23 heavy (non-hydrogen) atoms. The average Bonchev–Trinajstić information content (AvgIpc) is 2.77. The van der Waals surface area contributed by atoms with Gasteiger partial charge in [0.1, 0.15) is 12.4 Å². The lowest BCUT2D eigenvalue weighted by molar-refractivity contribution is 0.00801. The number of benzene rings is 2. The Kier molecular flexibility index (Phi) is 5.64. The van der Waals surface area contributed by atoms with Gasteiger partial charge in [-0.2, -0.15) is 0 Å². The maximum absolute atomic E-state index is 10.2. The number of para-hydroxylation sites is 1. The van der Waals surface area contributed by atoms with E-state index in [4.69, 9.17) is 9.47 Å². The first kappa shape index (κ1) is 16.0. The van der Waals surface area contributed by atoms with Gasteiger partial charge in [-0.15, -0.1) is 0 Å². The van der Waals surface area contributed by atoms with Crippen molar-refractivity contribution in [3.63, 3.8) is 0 Å². The summed E-state index contributed by atoms with van der Waals surface area (Å²) in [6.45, 7) is 3.72. The van der Waals surface area contributed by atoms with Crippen molar-refractivity contribution in [1.29, 1.82) is 0 Å². The van der Waals surface area contributed by atoms with E-state index in [-0.39, 0.29) is 0 Å². The smallest absolute Gasteiger partial charge is 0.123 e. The molecule has 0 amide bonds. The summed E-state index contributed by atoms with van der Waals surface area (Å²) in [4.78, 5) is 2.21. The van der Waals surface area contributed by atoms with Gasteiger partial charge in [0.05, 0.1) is 19.3 Å². The molecular formula is C19H23NO3. The molecule has 0 fully saturated rings. The third kappa shape index (κ3) is 4.79. The van der Waals surface area contributed by atoms with Gasteiger partial charge in [-0.05, 0) is 11.6 Å². The molecule has 0 spiro atoms. The summed E-state index contributed by atoms with van der Waals surface area (Å²) >= 11 is 0. The van der Waals surface area contributed by atoms with Gasteiger partial charge < -0.3 is 14.6 Å². The van der Waals surface area contributed by atoms with Gasteiger partial charge in [-0.1, -0.05) is 48.5 Å². The molecule has 1 N–H and O–H groups in total. The minimum atomic E-state index is -0.496. The second-order valence-electron chi connectivity index (χ2n) is 5.85. The molecule has 3 rings (SSSR count). The normalized spacial score (nSPS) is 16.2. The summed E-state index contributed by atoms with van der Waals surface area (Å²) in [5, 5.41) is 10.2. The molecule has 1 aliphatic rings. The number of fused-ring (bicyclic) bond motifs is 1. The first-order valence-corrected chi connectivity index (χ1v) is 8.04. The lowest BCUT2D eigenvalue weighted by atomic mass is 10.2. The fraction of sp³-hybridized carbons (Fsp3) is 0.368. The molecule has 1 aliphatic heterocycles. The zero-order valence-electron chi connectivity index (χ0n) is 13.2. The predicted molar refractivity (Wildman–Crippen MR) is 89.3 cm³/mol. The van der Waals surface area contributed by atoms with Gasteiger partial charge in [-0.3, -0.25) is 4.90 Å². The van der Waals surface area contributed by atoms with E-state index in [1.807, 2.05) is 48.5 Å². The van der Waals surface area contributed by atoms with E-state index in [0.29, 0.717) is 26.4 Å². The van der Waals surface area contributed by atoms with Crippen molar-refractivity contribution < 1.29 is 14.6 Å².